The molecule has 0 aliphatic carbocycles. The topological polar surface area (TPSA) is 21.3 Å². The molecule has 1 unspecified atom stereocenters. The molecule has 0 saturated heterocycles. The van der Waals surface area contributed by atoms with Gasteiger partial charge in [0.05, 0.1) is 12.3 Å². The SMILES string of the molecule is CCOc1ccc(Cl)cc1NC(C)CCCC(F)(F)F. The van der Waals surface area contributed by atoms with Crippen LogP contribution in [-0.2, 0) is 0 Å². The van der Waals surface area contributed by atoms with Crippen LogP contribution >= 0.6 is 11.6 Å². The first-order valence-corrected chi connectivity index (χ1v) is 6.95. The molecular weight excluding hydrogens is 291 g/mol. The molecule has 0 radical (unpaired) electrons. The number of alkyl halides is 3. The minimum atomic E-state index is -4.09. The molecule has 20 heavy (non-hydrogen) atoms. The largest absolute Gasteiger partial charge is 0.492 e. The molecule has 0 spiro atoms. The Morgan fingerprint density at radius 1 is 1.35 bits per heavy atom. The molecule has 0 heterocycles. The maximum atomic E-state index is 12.1. The van der Waals surface area contributed by atoms with Crippen molar-refractivity contribution in [1.29, 1.82) is 0 Å². The Bertz CT molecular complexity index is 423. The fourth-order valence-electron chi connectivity index (χ4n) is 1.84. The van der Waals surface area contributed by atoms with Gasteiger partial charge in [-0.3, -0.25) is 0 Å². The first-order chi connectivity index (χ1) is 9.31. The predicted molar refractivity (Wildman–Crippen MR) is 75.6 cm³/mol. The zero-order valence-corrected chi connectivity index (χ0v) is 12.3. The van der Waals surface area contributed by atoms with Gasteiger partial charge < -0.3 is 10.1 Å². The zero-order chi connectivity index (χ0) is 15.2. The maximum absolute atomic E-state index is 12.1. The fourth-order valence-corrected chi connectivity index (χ4v) is 2.01. The van der Waals surface area contributed by atoms with Crippen LogP contribution in [-0.4, -0.2) is 18.8 Å². The molecule has 1 aromatic rings. The number of ether oxygens (including phenoxy) is 1. The van der Waals surface area contributed by atoms with Crippen molar-refractivity contribution in [2.45, 2.75) is 45.3 Å². The summed E-state index contributed by atoms with van der Waals surface area (Å²) < 4.78 is 41.7. The van der Waals surface area contributed by atoms with Crippen LogP contribution in [0.4, 0.5) is 18.9 Å². The molecule has 0 aliphatic rings. The first kappa shape index (κ1) is 17.0. The lowest BCUT2D eigenvalue weighted by Crippen LogP contribution is -2.17. The van der Waals surface area contributed by atoms with E-state index in [4.69, 9.17) is 16.3 Å². The van der Waals surface area contributed by atoms with Gasteiger partial charge in [0.1, 0.15) is 5.75 Å². The smallest absolute Gasteiger partial charge is 0.389 e. The van der Waals surface area contributed by atoms with Crippen molar-refractivity contribution >= 4 is 17.3 Å². The summed E-state index contributed by atoms with van der Waals surface area (Å²) in [4.78, 5) is 0. The molecule has 0 bridgehead atoms. The van der Waals surface area contributed by atoms with Gasteiger partial charge >= 0.3 is 6.18 Å². The Kier molecular flexibility index (Phi) is 6.46. The maximum Gasteiger partial charge on any atom is 0.389 e. The van der Waals surface area contributed by atoms with Gasteiger partial charge in [-0.15, -0.1) is 0 Å². The van der Waals surface area contributed by atoms with Crippen LogP contribution in [0.25, 0.3) is 0 Å². The fraction of sp³-hybridized carbons (Fsp3) is 0.571. The Hall–Kier alpha value is -1.10. The summed E-state index contributed by atoms with van der Waals surface area (Å²) in [6.07, 6.45) is -4.32. The minimum Gasteiger partial charge on any atom is -0.492 e. The average Bonchev–Trinajstić information content (AvgIpc) is 2.31. The van der Waals surface area contributed by atoms with Crippen LogP contribution < -0.4 is 10.1 Å². The van der Waals surface area contributed by atoms with Crippen molar-refractivity contribution in [3.63, 3.8) is 0 Å². The molecule has 0 aromatic heterocycles. The highest BCUT2D eigenvalue weighted by Gasteiger charge is 2.26. The second kappa shape index (κ2) is 7.62. The minimum absolute atomic E-state index is 0.0879. The molecule has 0 amide bonds. The number of rotatable bonds is 7. The van der Waals surface area contributed by atoms with Gasteiger partial charge in [-0.1, -0.05) is 11.6 Å². The van der Waals surface area contributed by atoms with Gasteiger partial charge in [0, 0.05) is 17.5 Å². The van der Waals surface area contributed by atoms with Crippen molar-refractivity contribution in [3.05, 3.63) is 23.2 Å². The normalized spacial score (nSPS) is 13.1. The van der Waals surface area contributed by atoms with E-state index in [0.717, 1.165) is 0 Å². The van der Waals surface area contributed by atoms with Crippen LogP contribution in [0.3, 0.4) is 0 Å². The highest BCUT2D eigenvalue weighted by atomic mass is 35.5. The van der Waals surface area contributed by atoms with Crippen molar-refractivity contribution in [3.8, 4) is 5.75 Å². The van der Waals surface area contributed by atoms with Gasteiger partial charge in [-0.2, -0.15) is 13.2 Å². The second-order valence-corrected chi connectivity index (χ2v) is 5.06. The van der Waals surface area contributed by atoms with Crippen molar-refractivity contribution in [2.75, 3.05) is 11.9 Å². The van der Waals surface area contributed by atoms with Crippen molar-refractivity contribution in [2.24, 2.45) is 0 Å². The molecule has 2 nitrogen and oxygen atoms in total. The lowest BCUT2D eigenvalue weighted by Gasteiger charge is -2.18. The summed E-state index contributed by atoms with van der Waals surface area (Å²) in [6.45, 7) is 4.22. The van der Waals surface area contributed by atoms with E-state index in [1.54, 1.807) is 18.2 Å². The van der Waals surface area contributed by atoms with Crippen LogP contribution in [0.5, 0.6) is 5.75 Å². The standard InChI is InChI=1S/C14H19ClF3NO/c1-3-20-13-7-6-11(15)9-12(13)19-10(2)5-4-8-14(16,17)18/h6-7,9-10,19H,3-5,8H2,1-2H3. The monoisotopic (exact) mass is 309 g/mol. The number of hydrogen-bond donors (Lipinski definition) is 1. The molecule has 0 fully saturated rings. The summed E-state index contributed by atoms with van der Waals surface area (Å²) in [5, 5.41) is 3.70. The van der Waals surface area contributed by atoms with Crippen molar-refractivity contribution < 1.29 is 17.9 Å². The third-order valence-electron chi connectivity index (χ3n) is 2.74. The van der Waals surface area contributed by atoms with E-state index in [0.29, 0.717) is 29.5 Å². The molecule has 114 valence electrons. The summed E-state index contributed by atoms with van der Waals surface area (Å²) in [7, 11) is 0. The van der Waals surface area contributed by atoms with Crippen LogP contribution in [0, 0.1) is 0 Å². The Balaban J connectivity index is 2.56. The van der Waals surface area contributed by atoms with Gasteiger partial charge in [-0.05, 0) is 44.9 Å². The van der Waals surface area contributed by atoms with Crippen LogP contribution in [0.15, 0.2) is 18.2 Å². The van der Waals surface area contributed by atoms with E-state index in [2.05, 4.69) is 5.32 Å². The molecule has 6 heteroatoms. The Morgan fingerprint density at radius 3 is 2.65 bits per heavy atom. The van der Waals surface area contributed by atoms with E-state index in [1.807, 2.05) is 13.8 Å². The lowest BCUT2D eigenvalue weighted by atomic mass is 10.1. The lowest BCUT2D eigenvalue weighted by molar-refractivity contribution is -0.135. The van der Waals surface area contributed by atoms with E-state index in [1.165, 1.54) is 0 Å². The molecule has 1 rings (SSSR count). The Labute approximate surface area is 122 Å². The molecule has 0 aliphatic heterocycles. The molecular formula is C14H19ClF3NO. The van der Waals surface area contributed by atoms with E-state index in [9.17, 15) is 13.2 Å². The Morgan fingerprint density at radius 2 is 2.05 bits per heavy atom. The van der Waals surface area contributed by atoms with Gasteiger partial charge in [-0.25, -0.2) is 0 Å². The molecule has 1 atom stereocenters. The highest BCUT2D eigenvalue weighted by Crippen LogP contribution is 2.29. The van der Waals surface area contributed by atoms with Gasteiger partial charge in [0.2, 0.25) is 0 Å². The molecule has 1 aromatic carbocycles. The van der Waals surface area contributed by atoms with Gasteiger partial charge in [0.15, 0.2) is 0 Å². The summed E-state index contributed by atoms with van der Waals surface area (Å²) in [6, 6.07) is 5.09. The molecule has 1 N–H and O–H groups in total. The van der Waals surface area contributed by atoms with E-state index < -0.39 is 12.6 Å². The van der Waals surface area contributed by atoms with E-state index in [-0.39, 0.29) is 12.5 Å². The average molecular weight is 310 g/mol. The number of anilines is 1. The number of benzene rings is 1. The van der Waals surface area contributed by atoms with Crippen molar-refractivity contribution in [1.82, 2.24) is 0 Å². The highest BCUT2D eigenvalue weighted by molar-refractivity contribution is 6.30. The van der Waals surface area contributed by atoms with Crippen LogP contribution in [0.2, 0.25) is 5.02 Å². The van der Waals surface area contributed by atoms with Gasteiger partial charge in [0.25, 0.3) is 0 Å². The second-order valence-electron chi connectivity index (χ2n) is 4.63. The van der Waals surface area contributed by atoms with E-state index >= 15 is 0 Å². The predicted octanol–water partition coefficient (Wildman–Crippen LogP) is 5.27. The first-order valence-electron chi connectivity index (χ1n) is 6.57. The third-order valence-corrected chi connectivity index (χ3v) is 2.98. The molecule has 0 saturated carbocycles. The zero-order valence-electron chi connectivity index (χ0n) is 11.6. The quantitative estimate of drug-likeness (QED) is 0.740. The van der Waals surface area contributed by atoms with Crippen LogP contribution in [0.1, 0.15) is 33.1 Å². The number of nitrogens with one attached hydrogen (secondary N) is 1. The summed E-state index contributed by atoms with van der Waals surface area (Å²) in [5.74, 6) is 0.652. The summed E-state index contributed by atoms with van der Waals surface area (Å²) >= 11 is 5.92. The number of hydrogen-bond acceptors (Lipinski definition) is 2. The number of halogens is 4. The summed E-state index contributed by atoms with van der Waals surface area (Å²) in [5.41, 5.74) is 0.707. The third kappa shape index (κ3) is 6.37.